The van der Waals surface area contributed by atoms with Gasteiger partial charge in [0.15, 0.2) is 0 Å². The maximum Gasteiger partial charge on any atom is 0.333 e. The zero-order valence-electron chi connectivity index (χ0n) is 28.2. The lowest BCUT2D eigenvalue weighted by molar-refractivity contribution is -0.139. The third-order valence-electron chi connectivity index (χ3n) is 5.48. The molecule has 0 saturated heterocycles. The van der Waals surface area contributed by atoms with Crippen LogP contribution in [0.15, 0.2) is 53.6 Å². The molecular formula is C34H56N2O8. The minimum atomic E-state index is -0.359. The van der Waals surface area contributed by atoms with Crippen LogP contribution in [0.5, 0.6) is 0 Å². The van der Waals surface area contributed by atoms with Crippen LogP contribution in [-0.4, -0.2) is 76.4 Å². The quantitative estimate of drug-likeness (QED) is 0.0958. The Balaban J connectivity index is 0. The lowest BCUT2D eigenvalue weighted by Gasteiger charge is -2.03. The van der Waals surface area contributed by atoms with Crippen molar-refractivity contribution in [3.05, 3.63) is 60.5 Å². The predicted molar refractivity (Wildman–Crippen MR) is 174 cm³/mol. The second-order valence-electron chi connectivity index (χ2n) is 9.75. The summed E-state index contributed by atoms with van der Waals surface area (Å²) in [4.78, 5) is 25.4. The van der Waals surface area contributed by atoms with Crippen LogP contribution in [0.3, 0.4) is 0 Å². The first-order chi connectivity index (χ1) is 21.2. The second-order valence-corrected chi connectivity index (χ2v) is 9.75. The topological polar surface area (TPSA) is 119 Å². The van der Waals surface area contributed by atoms with Crippen LogP contribution in [-0.2, 0) is 33.3 Å². The molecule has 0 bridgehead atoms. The van der Waals surface area contributed by atoms with Gasteiger partial charge in [0.1, 0.15) is 0 Å². The van der Waals surface area contributed by atoms with E-state index in [4.69, 9.17) is 28.2 Å². The molecule has 2 rings (SSSR count). The van der Waals surface area contributed by atoms with Gasteiger partial charge >= 0.3 is 11.9 Å². The maximum atomic E-state index is 10.8. The van der Waals surface area contributed by atoms with Crippen molar-refractivity contribution >= 4 is 11.9 Å². The predicted octanol–water partition coefficient (Wildman–Crippen LogP) is 7.24. The lowest BCUT2D eigenvalue weighted by Crippen LogP contribution is -2.06. The number of rotatable bonds is 18. The number of unbranched alkanes of at least 4 members (excludes halogenated alkanes) is 5. The molecule has 0 spiro atoms. The van der Waals surface area contributed by atoms with Crippen LogP contribution in [0.1, 0.15) is 76.7 Å². The molecule has 250 valence electrons. The number of carbonyl (C=O) groups is 2. The van der Waals surface area contributed by atoms with E-state index in [0.717, 1.165) is 43.9 Å². The second kappa shape index (κ2) is 31.1. The molecule has 0 aliphatic rings. The highest BCUT2D eigenvalue weighted by molar-refractivity contribution is 5.86. The van der Waals surface area contributed by atoms with Gasteiger partial charge in [0.05, 0.1) is 13.2 Å². The molecule has 0 aliphatic heterocycles. The minimum absolute atomic E-state index is 0.313. The number of nitrogens with zero attached hydrogens (tertiary/aromatic N) is 2. The van der Waals surface area contributed by atoms with Crippen molar-refractivity contribution in [1.29, 1.82) is 0 Å². The monoisotopic (exact) mass is 620 g/mol. The Labute approximate surface area is 265 Å². The smallest absolute Gasteiger partial charge is 0.333 e. The van der Waals surface area contributed by atoms with E-state index in [1.807, 2.05) is 31.2 Å². The van der Waals surface area contributed by atoms with E-state index >= 15 is 0 Å². The third-order valence-corrected chi connectivity index (χ3v) is 5.48. The number of benzene rings is 1. The van der Waals surface area contributed by atoms with Crippen LogP contribution in [0.4, 0.5) is 0 Å². The molecule has 0 radical (unpaired) electrons. The standard InChI is InChI=1S/C10H10N2O.C9H16O3.C8H14O3.C7H16O/c1-7-4-3-5-9(6-7)10-11-8(2)13-12-10;1-8(2)9(10)12-7-5-4-6-11-3;1-3-8(9)11-7-5-4-6-10-2;1-3-4-5-6-7-8-2/h3-6H,1-2H3;1,4-7H2,2-3H3;3H,1,4-7H2,2H3;3-7H2,1-2H3. The third kappa shape index (κ3) is 27.5. The Kier molecular flexibility index (Phi) is 30.2. The summed E-state index contributed by atoms with van der Waals surface area (Å²) in [6, 6.07) is 8.02. The van der Waals surface area contributed by atoms with Crippen molar-refractivity contribution in [1.82, 2.24) is 10.1 Å². The molecule has 10 heteroatoms. The summed E-state index contributed by atoms with van der Waals surface area (Å²) in [6.07, 6.45) is 9.89. The number of hydrogen-bond acceptors (Lipinski definition) is 10. The van der Waals surface area contributed by atoms with E-state index in [1.54, 1.807) is 35.2 Å². The molecule has 1 aromatic heterocycles. The molecule has 1 heterocycles. The number of carbonyl (C=O) groups excluding carboxylic acids is 2. The Bertz CT molecular complexity index is 1000. The van der Waals surface area contributed by atoms with E-state index in [-0.39, 0.29) is 11.9 Å². The van der Waals surface area contributed by atoms with Gasteiger partial charge in [-0.1, -0.05) is 68.3 Å². The molecular weight excluding hydrogens is 564 g/mol. The number of ether oxygens (including phenoxy) is 5. The van der Waals surface area contributed by atoms with E-state index < -0.39 is 0 Å². The first kappa shape index (κ1) is 42.8. The van der Waals surface area contributed by atoms with Gasteiger partial charge in [-0.25, -0.2) is 9.59 Å². The molecule has 0 saturated carbocycles. The molecule has 2 aromatic rings. The van der Waals surface area contributed by atoms with Crippen LogP contribution < -0.4 is 0 Å². The van der Waals surface area contributed by atoms with E-state index in [0.29, 0.717) is 43.7 Å². The average molecular weight is 621 g/mol. The van der Waals surface area contributed by atoms with Crippen LogP contribution in [0.25, 0.3) is 11.4 Å². The van der Waals surface area contributed by atoms with Crippen LogP contribution in [0, 0.1) is 13.8 Å². The molecule has 0 aliphatic carbocycles. The average Bonchev–Trinajstić information content (AvgIpc) is 3.46. The maximum absolute atomic E-state index is 10.8. The fourth-order valence-electron chi connectivity index (χ4n) is 3.09. The summed E-state index contributed by atoms with van der Waals surface area (Å²) in [7, 11) is 5.06. The molecule has 0 atom stereocenters. The van der Waals surface area contributed by atoms with Gasteiger partial charge in [0, 0.05) is 65.3 Å². The lowest BCUT2D eigenvalue weighted by atomic mass is 10.1. The van der Waals surface area contributed by atoms with Crippen molar-refractivity contribution in [2.75, 3.05) is 54.4 Å². The molecule has 44 heavy (non-hydrogen) atoms. The van der Waals surface area contributed by atoms with Crippen molar-refractivity contribution in [2.24, 2.45) is 0 Å². The molecule has 10 nitrogen and oxygen atoms in total. The highest BCUT2D eigenvalue weighted by atomic mass is 16.5. The van der Waals surface area contributed by atoms with Gasteiger partial charge in [-0.2, -0.15) is 4.98 Å². The van der Waals surface area contributed by atoms with Crippen LogP contribution in [0.2, 0.25) is 0 Å². The number of esters is 2. The number of methoxy groups -OCH3 is 3. The zero-order chi connectivity index (χ0) is 33.4. The molecule has 0 N–H and O–H groups in total. The fraction of sp³-hybridized carbons (Fsp3) is 0.588. The summed E-state index contributed by atoms with van der Waals surface area (Å²) < 4.78 is 29.0. The Morgan fingerprint density at radius 3 is 1.84 bits per heavy atom. The normalized spacial score (nSPS) is 9.70. The fourth-order valence-corrected chi connectivity index (χ4v) is 3.09. The summed E-state index contributed by atoms with van der Waals surface area (Å²) >= 11 is 0. The van der Waals surface area contributed by atoms with Crippen LogP contribution >= 0.6 is 0 Å². The Hall–Kier alpha value is -3.34. The van der Waals surface area contributed by atoms with Gasteiger partial charge < -0.3 is 28.2 Å². The van der Waals surface area contributed by atoms with Crippen molar-refractivity contribution in [2.45, 2.75) is 79.1 Å². The van der Waals surface area contributed by atoms with Gasteiger partial charge in [0.2, 0.25) is 11.7 Å². The molecule has 1 aromatic carbocycles. The van der Waals surface area contributed by atoms with Gasteiger partial charge in [0.25, 0.3) is 0 Å². The van der Waals surface area contributed by atoms with Gasteiger partial charge in [-0.05, 0) is 52.0 Å². The van der Waals surface area contributed by atoms with Crippen molar-refractivity contribution in [3.8, 4) is 11.4 Å². The Morgan fingerprint density at radius 1 is 0.841 bits per heavy atom. The van der Waals surface area contributed by atoms with Crippen molar-refractivity contribution in [3.63, 3.8) is 0 Å². The Morgan fingerprint density at radius 2 is 1.39 bits per heavy atom. The highest BCUT2D eigenvalue weighted by Gasteiger charge is 2.04. The number of hydrogen-bond donors (Lipinski definition) is 0. The van der Waals surface area contributed by atoms with E-state index in [9.17, 15) is 9.59 Å². The van der Waals surface area contributed by atoms with Gasteiger partial charge in [-0.15, -0.1) is 0 Å². The highest BCUT2D eigenvalue weighted by Crippen LogP contribution is 2.16. The van der Waals surface area contributed by atoms with E-state index in [1.165, 1.54) is 31.2 Å². The zero-order valence-corrected chi connectivity index (χ0v) is 28.2. The summed E-state index contributed by atoms with van der Waals surface area (Å²) in [6.45, 7) is 17.7. The molecule has 0 unspecified atom stereocenters. The first-order valence-corrected chi connectivity index (χ1v) is 15.1. The summed E-state index contributed by atoms with van der Waals surface area (Å²) in [5.41, 5.74) is 2.64. The SMILES string of the molecule is C=C(C)C(=O)OCCCCOC.C=CC(=O)OCCCCOC.CCCCCCOC.Cc1cccc(-c2noc(C)n2)c1. The largest absolute Gasteiger partial charge is 0.463 e. The molecule has 0 fully saturated rings. The number of aryl methyl sites for hydroxylation is 2. The summed E-state index contributed by atoms with van der Waals surface area (Å²) in [5.74, 6) is 0.576. The van der Waals surface area contributed by atoms with Gasteiger partial charge in [-0.3, -0.25) is 0 Å². The first-order valence-electron chi connectivity index (χ1n) is 15.1. The number of aromatic nitrogens is 2. The van der Waals surface area contributed by atoms with Crippen molar-refractivity contribution < 1.29 is 37.8 Å². The minimum Gasteiger partial charge on any atom is -0.463 e. The summed E-state index contributed by atoms with van der Waals surface area (Å²) in [5, 5.41) is 3.84. The molecule has 0 amide bonds. The van der Waals surface area contributed by atoms with E-state index in [2.05, 4.69) is 30.2 Å².